The highest BCUT2D eigenvalue weighted by molar-refractivity contribution is 5.25. The van der Waals surface area contributed by atoms with Crippen LogP contribution in [0.4, 0.5) is 0 Å². The number of fused-ring (bicyclic) bond motifs is 5. The van der Waals surface area contributed by atoms with Gasteiger partial charge in [-0.1, -0.05) is 25.0 Å². The van der Waals surface area contributed by atoms with Crippen molar-refractivity contribution in [1.29, 1.82) is 0 Å². The lowest BCUT2D eigenvalue weighted by Crippen LogP contribution is -2.53. The highest BCUT2D eigenvalue weighted by Gasteiger charge is 2.61. The van der Waals surface area contributed by atoms with Crippen LogP contribution >= 0.6 is 0 Å². The monoisotopic (exact) mass is 362 g/mol. The smallest absolute Gasteiger partial charge is 0.163 e. The summed E-state index contributed by atoms with van der Waals surface area (Å²) in [4.78, 5) is 0. The lowest BCUT2D eigenvalue weighted by atomic mass is 9.46. The molecule has 3 saturated carbocycles. The van der Waals surface area contributed by atoms with Gasteiger partial charge in [0, 0.05) is 12.5 Å². The van der Waals surface area contributed by atoms with Gasteiger partial charge < -0.3 is 15.3 Å². The molecule has 0 aromatic rings. The van der Waals surface area contributed by atoms with Crippen molar-refractivity contribution < 1.29 is 15.3 Å². The lowest BCUT2D eigenvalue weighted by Gasteiger charge is -2.59. The van der Waals surface area contributed by atoms with Gasteiger partial charge in [0.25, 0.3) is 0 Å². The summed E-state index contributed by atoms with van der Waals surface area (Å²) < 4.78 is 0. The van der Waals surface area contributed by atoms with Gasteiger partial charge >= 0.3 is 0 Å². The zero-order valence-corrected chi connectivity index (χ0v) is 16.7. The first-order valence-corrected chi connectivity index (χ1v) is 11.1. The number of hydrogen-bond donors (Lipinski definition) is 3. The highest BCUT2D eigenvalue weighted by Crippen LogP contribution is 2.68. The van der Waals surface area contributed by atoms with E-state index in [1.54, 1.807) is 12.5 Å². The molecule has 4 aliphatic carbocycles. The Labute approximate surface area is 158 Å². The Morgan fingerprint density at radius 2 is 1.92 bits per heavy atom. The maximum atomic E-state index is 10.4. The van der Waals surface area contributed by atoms with Gasteiger partial charge in [-0.3, -0.25) is 0 Å². The maximum Gasteiger partial charge on any atom is 0.163 e. The Balaban J connectivity index is 1.66. The molecule has 1 unspecified atom stereocenters. The van der Waals surface area contributed by atoms with E-state index < -0.39 is 5.79 Å². The third kappa shape index (κ3) is 2.72. The van der Waals surface area contributed by atoms with Crippen LogP contribution in [-0.2, 0) is 0 Å². The van der Waals surface area contributed by atoms with E-state index in [0.29, 0.717) is 23.9 Å². The Morgan fingerprint density at radius 1 is 1.12 bits per heavy atom. The standard InChI is InChI=1S/C23H38O3/c1-21-14-11-19-17(18(21)9-10-20(21)22(2,25)26)8-7-16-6-3-4-12-23(16,19)13-5-15-24/h7,17-20,24-26H,3-6,8-15H2,1-2H3/t17-,18-,19-,20?,21-,23+/m0/s1. The van der Waals surface area contributed by atoms with Crippen molar-refractivity contribution in [1.82, 2.24) is 0 Å². The molecule has 4 aliphatic rings. The lowest BCUT2D eigenvalue weighted by molar-refractivity contribution is -0.218. The molecule has 148 valence electrons. The van der Waals surface area contributed by atoms with E-state index in [9.17, 15) is 15.3 Å². The van der Waals surface area contributed by atoms with E-state index >= 15 is 0 Å². The topological polar surface area (TPSA) is 60.7 Å². The molecule has 0 bridgehead atoms. The van der Waals surface area contributed by atoms with Crippen LogP contribution in [0.5, 0.6) is 0 Å². The molecule has 0 spiro atoms. The van der Waals surface area contributed by atoms with Crippen molar-refractivity contribution in [3.8, 4) is 0 Å². The van der Waals surface area contributed by atoms with Crippen LogP contribution in [0, 0.1) is 34.5 Å². The van der Waals surface area contributed by atoms with Crippen LogP contribution in [0.25, 0.3) is 0 Å². The van der Waals surface area contributed by atoms with Crippen molar-refractivity contribution in [3.63, 3.8) is 0 Å². The molecule has 3 fully saturated rings. The quantitative estimate of drug-likeness (QED) is 0.513. The van der Waals surface area contributed by atoms with Crippen LogP contribution in [0.3, 0.4) is 0 Å². The van der Waals surface area contributed by atoms with Gasteiger partial charge in [0.2, 0.25) is 0 Å². The second-order valence-corrected chi connectivity index (χ2v) is 10.3. The Morgan fingerprint density at radius 3 is 2.65 bits per heavy atom. The Bertz CT molecular complexity index is 562. The minimum absolute atomic E-state index is 0.00562. The molecule has 3 nitrogen and oxygen atoms in total. The fourth-order valence-corrected chi connectivity index (χ4v) is 8.24. The average molecular weight is 363 g/mol. The number of aliphatic hydroxyl groups excluding tert-OH is 1. The first-order valence-electron chi connectivity index (χ1n) is 11.1. The molecule has 0 aromatic heterocycles. The van der Waals surface area contributed by atoms with E-state index in [0.717, 1.165) is 38.0 Å². The van der Waals surface area contributed by atoms with Crippen LogP contribution in [0.2, 0.25) is 0 Å². The summed E-state index contributed by atoms with van der Waals surface area (Å²) in [5, 5.41) is 30.3. The van der Waals surface area contributed by atoms with Gasteiger partial charge in [-0.05, 0) is 99.7 Å². The van der Waals surface area contributed by atoms with Crippen LogP contribution in [-0.4, -0.2) is 27.7 Å². The van der Waals surface area contributed by atoms with E-state index in [1.807, 2.05) is 0 Å². The van der Waals surface area contributed by atoms with Crippen molar-refractivity contribution >= 4 is 0 Å². The SMILES string of the molecule is CC(O)(O)C1CC[C@H]2[C@@H]3CC=C4CCCC[C@]4(CCCO)[C@H]3CC[C@]12C. The molecule has 3 heteroatoms. The summed E-state index contributed by atoms with van der Waals surface area (Å²) >= 11 is 0. The normalized spacial score (nSPS) is 45.5. The second-order valence-electron chi connectivity index (χ2n) is 10.3. The van der Waals surface area contributed by atoms with Gasteiger partial charge in [0.15, 0.2) is 5.79 Å². The number of rotatable bonds is 4. The molecule has 0 heterocycles. The molecule has 4 rings (SSSR count). The molecule has 26 heavy (non-hydrogen) atoms. The fourth-order valence-electron chi connectivity index (χ4n) is 8.24. The minimum Gasteiger partial charge on any atom is -0.396 e. The predicted octanol–water partition coefficient (Wildman–Crippen LogP) is 4.41. The highest BCUT2D eigenvalue weighted by atomic mass is 16.5. The molecule has 6 atom stereocenters. The zero-order chi connectivity index (χ0) is 18.6. The van der Waals surface area contributed by atoms with E-state index in [-0.39, 0.29) is 11.3 Å². The van der Waals surface area contributed by atoms with Gasteiger partial charge in [0.05, 0.1) is 0 Å². The van der Waals surface area contributed by atoms with Crippen LogP contribution < -0.4 is 0 Å². The maximum absolute atomic E-state index is 10.4. The van der Waals surface area contributed by atoms with Crippen molar-refractivity contribution in [2.75, 3.05) is 6.61 Å². The minimum atomic E-state index is -1.55. The predicted molar refractivity (Wildman–Crippen MR) is 103 cm³/mol. The number of aliphatic hydroxyl groups is 3. The van der Waals surface area contributed by atoms with E-state index in [4.69, 9.17) is 0 Å². The summed E-state index contributed by atoms with van der Waals surface area (Å²) in [6.07, 6.45) is 15.6. The van der Waals surface area contributed by atoms with Crippen LogP contribution in [0.1, 0.15) is 84.5 Å². The van der Waals surface area contributed by atoms with Crippen molar-refractivity contribution in [3.05, 3.63) is 11.6 Å². The molecule has 3 N–H and O–H groups in total. The third-order valence-electron chi connectivity index (χ3n) is 9.18. The first kappa shape index (κ1) is 19.0. The van der Waals surface area contributed by atoms with Gasteiger partial charge in [0.1, 0.15) is 0 Å². The summed E-state index contributed by atoms with van der Waals surface area (Å²) in [6, 6.07) is 0. The zero-order valence-electron chi connectivity index (χ0n) is 16.7. The molecular weight excluding hydrogens is 324 g/mol. The number of hydrogen-bond acceptors (Lipinski definition) is 3. The largest absolute Gasteiger partial charge is 0.396 e. The van der Waals surface area contributed by atoms with Crippen molar-refractivity contribution in [2.45, 2.75) is 90.3 Å². The summed E-state index contributed by atoms with van der Waals surface area (Å²) in [6.45, 7) is 4.25. The molecule has 0 aliphatic heterocycles. The Hall–Kier alpha value is -0.380. The molecule has 0 radical (unpaired) electrons. The van der Waals surface area contributed by atoms with Gasteiger partial charge in [-0.25, -0.2) is 0 Å². The summed E-state index contributed by atoms with van der Waals surface area (Å²) in [5.41, 5.74) is 2.12. The van der Waals surface area contributed by atoms with Gasteiger partial charge in [-0.2, -0.15) is 0 Å². The second kappa shape index (κ2) is 6.60. The average Bonchev–Trinajstić information content (AvgIpc) is 2.97. The third-order valence-corrected chi connectivity index (χ3v) is 9.18. The Kier molecular flexibility index (Phi) is 4.81. The van der Waals surface area contributed by atoms with E-state index in [1.165, 1.54) is 38.5 Å². The van der Waals surface area contributed by atoms with Gasteiger partial charge in [-0.15, -0.1) is 0 Å². The fraction of sp³-hybridized carbons (Fsp3) is 0.913. The molecule has 0 amide bonds. The molecule has 0 aromatic carbocycles. The summed E-state index contributed by atoms with van der Waals surface area (Å²) in [5.74, 6) is 0.518. The number of allylic oxidation sites excluding steroid dienone is 2. The molecular formula is C23H38O3. The molecule has 0 saturated heterocycles. The van der Waals surface area contributed by atoms with Crippen molar-refractivity contribution in [2.24, 2.45) is 34.5 Å². The van der Waals surface area contributed by atoms with Crippen LogP contribution in [0.15, 0.2) is 11.6 Å². The van der Waals surface area contributed by atoms with E-state index in [2.05, 4.69) is 13.0 Å². The summed E-state index contributed by atoms with van der Waals surface area (Å²) in [7, 11) is 0. The first-order chi connectivity index (χ1) is 12.3.